The maximum Gasteiger partial charge on any atom is 0.257 e. The zero-order valence-corrected chi connectivity index (χ0v) is 11.4. The number of aliphatic hydroxyl groups is 1. The van der Waals surface area contributed by atoms with Crippen molar-refractivity contribution in [3.05, 3.63) is 22.7 Å². The number of anilines is 2. The Bertz CT molecular complexity index is 590. The normalized spacial score (nSPS) is 22.1. The SMILES string of the molecule is O=C1CN(c2cc3c(cc2Cl)C(O)C(=O)N3)CCCN1. The molecule has 7 heteroatoms. The highest BCUT2D eigenvalue weighted by Gasteiger charge is 2.30. The number of hydrogen-bond donors (Lipinski definition) is 3. The largest absolute Gasteiger partial charge is 0.378 e. The van der Waals surface area contributed by atoms with Gasteiger partial charge in [0.05, 0.1) is 17.3 Å². The van der Waals surface area contributed by atoms with Crippen LogP contribution < -0.4 is 15.5 Å². The fraction of sp³-hybridized carbons (Fsp3) is 0.385. The number of carbonyl (C=O) groups is 2. The Balaban J connectivity index is 1.97. The van der Waals surface area contributed by atoms with Gasteiger partial charge in [-0.3, -0.25) is 9.59 Å². The Morgan fingerprint density at radius 2 is 2.15 bits per heavy atom. The lowest BCUT2D eigenvalue weighted by Crippen LogP contribution is -2.33. The van der Waals surface area contributed by atoms with Gasteiger partial charge < -0.3 is 20.6 Å². The van der Waals surface area contributed by atoms with Gasteiger partial charge in [-0.05, 0) is 18.6 Å². The molecule has 2 heterocycles. The van der Waals surface area contributed by atoms with Crippen LogP contribution in [0.25, 0.3) is 0 Å². The van der Waals surface area contributed by atoms with E-state index in [0.29, 0.717) is 35.1 Å². The van der Waals surface area contributed by atoms with Crippen molar-refractivity contribution >= 4 is 34.8 Å². The molecule has 106 valence electrons. The zero-order valence-electron chi connectivity index (χ0n) is 10.6. The van der Waals surface area contributed by atoms with Gasteiger partial charge in [-0.2, -0.15) is 0 Å². The van der Waals surface area contributed by atoms with Crippen molar-refractivity contribution in [1.82, 2.24) is 5.32 Å². The monoisotopic (exact) mass is 295 g/mol. The first-order valence-corrected chi connectivity index (χ1v) is 6.78. The van der Waals surface area contributed by atoms with Gasteiger partial charge in [-0.15, -0.1) is 0 Å². The van der Waals surface area contributed by atoms with Crippen molar-refractivity contribution in [2.45, 2.75) is 12.5 Å². The van der Waals surface area contributed by atoms with Crippen molar-refractivity contribution in [1.29, 1.82) is 0 Å². The highest BCUT2D eigenvalue weighted by molar-refractivity contribution is 6.33. The molecular weight excluding hydrogens is 282 g/mol. The van der Waals surface area contributed by atoms with Gasteiger partial charge in [0.1, 0.15) is 0 Å². The number of carbonyl (C=O) groups excluding carboxylic acids is 2. The Kier molecular flexibility index (Phi) is 3.27. The minimum atomic E-state index is -1.18. The summed E-state index contributed by atoms with van der Waals surface area (Å²) in [6.45, 7) is 1.58. The van der Waals surface area contributed by atoms with Gasteiger partial charge in [-0.25, -0.2) is 0 Å². The first kappa shape index (κ1) is 13.2. The quantitative estimate of drug-likeness (QED) is 0.710. The van der Waals surface area contributed by atoms with E-state index >= 15 is 0 Å². The molecule has 0 aromatic heterocycles. The summed E-state index contributed by atoms with van der Waals surface area (Å²) in [5, 5.41) is 15.5. The summed E-state index contributed by atoms with van der Waals surface area (Å²) in [4.78, 5) is 24.9. The molecule has 20 heavy (non-hydrogen) atoms. The lowest BCUT2D eigenvalue weighted by molar-refractivity contribution is -0.123. The summed E-state index contributed by atoms with van der Waals surface area (Å²) < 4.78 is 0. The summed E-state index contributed by atoms with van der Waals surface area (Å²) in [7, 11) is 0. The molecule has 6 nitrogen and oxygen atoms in total. The van der Waals surface area contributed by atoms with Gasteiger partial charge in [0, 0.05) is 24.3 Å². The number of nitrogens with one attached hydrogen (secondary N) is 2. The fourth-order valence-corrected chi connectivity index (χ4v) is 2.80. The number of fused-ring (bicyclic) bond motifs is 1. The maximum absolute atomic E-state index is 11.6. The van der Waals surface area contributed by atoms with Crippen molar-refractivity contribution in [3.63, 3.8) is 0 Å². The van der Waals surface area contributed by atoms with Crippen LogP contribution in [0.1, 0.15) is 18.1 Å². The van der Waals surface area contributed by atoms with Crippen LogP contribution in [0.4, 0.5) is 11.4 Å². The molecule has 1 aromatic rings. The second-order valence-electron chi connectivity index (χ2n) is 4.91. The molecule has 0 radical (unpaired) electrons. The molecule has 0 aliphatic carbocycles. The molecule has 3 rings (SSSR count). The number of aliphatic hydroxyl groups excluding tert-OH is 1. The minimum absolute atomic E-state index is 0.0527. The van der Waals surface area contributed by atoms with E-state index in [9.17, 15) is 14.7 Å². The van der Waals surface area contributed by atoms with Crippen LogP contribution in [-0.4, -0.2) is 36.6 Å². The smallest absolute Gasteiger partial charge is 0.257 e. The summed E-state index contributed by atoms with van der Waals surface area (Å²) in [5.41, 5.74) is 1.71. The summed E-state index contributed by atoms with van der Waals surface area (Å²) in [6.07, 6.45) is -0.349. The van der Waals surface area contributed by atoms with Crippen LogP contribution in [0.3, 0.4) is 0 Å². The number of halogens is 1. The number of rotatable bonds is 1. The van der Waals surface area contributed by atoms with Crippen molar-refractivity contribution in [3.8, 4) is 0 Å². The van der Waals surface area contributed by atoms with Gasteiger partial charge in [0.2, 0.25) is 5.91 Å². The van der Waals surface area contributed by atoms with Crippen molar-refractivity contribution in [2.24, 2.45) is 0 Å². The molecule has 3 N–H and O–H groups in total. The van der Waals surface area contributed by atoms with E-state index in [-0.39, 0.29) is 12.5 Å². The predicted molar refractivity (Wildman–Crippen MR) is 74.9 cm³/mol. The Morgan fingerprint density at radius 1 is 1.35 bits per heavy atom. The van der Waals surface area contributed by atoms with Crippen LogP contribution >= 0.6 is 11.6 Å². The number of benzene rings is 1. The number of nitrogens with zero attached hydrogens (tertiary/aromatic N) is 1. The van der Waals surface area contributed by atoms with E-state index in [4.69, 9.17) is 11.6 Å². The molecule has 1 unspecified atom stereocenters. The fourth-order valence-electron chi connectivity index (χ4n) is 2.51. The molecule has 2 amide bonds. The molecule has 0 bridgehead atoms. The summed E-state index contributed by atoms with van der Waals surface area (Å²) in [6, 6.07) is 3.29. The van der Waals surface area contributed by atoms with E-state index in [0.717, 1.165) is 6.42 Å². The average Bonchev–Trinajstić information content (AvgIpc) is 2.59. The van der Waals surface area contributed by atoms with E-state index in [1.165, 1.54) is 0 Å². The minimum Gasteiger partial charge on any atom is -0.378 e. The third-order valence-corrected chi connectivity index (χ3v) is 3.82. The van der Waals surface area contributed by atoms with Gasteiger partial charge >= 0.3 is 0 Å². The molecule has 2 aliphatic rings. The van der Waals surface area contributed by atoms with Crippen LogP contribution in [-0.2, 0) is 9.59 Å². The second kappa shape index (κ2) is 4.96. The molecule has 1 fully saturated rings. The van der Waals surface area contributed by atoms with E-state index in [2.05, 4.69) is 10.6 Å². The van der Waals surface area contributed by atoms with E-state index in [1.54, 1.807) is 12.1 Å². The summed E-state index contributed by atoms with van der Waals surface area (Å²) in [5.74, 6) is -0.509. The lowest BCUT2D eigenvalue weighted by atomic mass is 10.1. The third-order valence-electron chi connectivity index (χ3n) is 3.52. The van der Waals surface area contributed by atoms with Crippen molar-refractivity contribution in [2.75, 3.05) is 29.9 Å². The van der Waals surface area contributed by atoms with Crippen molar-refractivity contribution < 1.29 is 14.7 Å². The molecular formula is C13H14ClN3O3. The highest BCUT2D eigenvalue weighted by Crippen LogP contribution is 2.38. The van der Waals surface area contributed by atoms with E-state index < -0.39 is 12.0 Å². The van der Waals surface area contributed by atoms with Crippen LogP contribution in [0.15, 0.2) is 12.1 Å². The first-order valence-electron chi connectivity index (χ1n) is 6.40. The van der Waals surface area contributed by atoms with Crippen LogP contribution in [0, 0.1) is 0 Å². The third kappa shape index (κ3) is 2.21. The van der Waals surface area contributed by atoms with Gasteiger partial charge in [0.25, 0.3) is 5.91 Å². The zero-order chi connectivity index (χ0) is 14.3. The van der Waals surface area contributed by atoms with Crippen LogP contribution in [0.5, 0.6) is 0 Å². The Labute approximate surface area is 120 Å². The number of amides is 2. The average molecular weight is 296 g/mol. The molecule has 0 saturated carbocycles. The predicted octanol–water partition coefficient (Wildman–Crippen LogP) is 0.652. The molecule has 0 spiro atoms. The summed E-state index contributed by atoms with van der Waals surface area (Å²) >= 11 is 6.23. The van der Waals surface area contributed by atoms with E-state index in [1.807, 2.05) is 4.90 Å². The lowest BCUT2D eigenvalue weighted by Gasteiger charge is -2.23. The Morgan fingerprint density at radius 3 is 2.95 bits per heavy atom. The standard InChI is InChI=1S/C13H14ClN3O3/c14-8-4-7-9(16-13(20)12(7)19)5-10(8)17-3-1-2-15-11(18)6-17/h4-5,12,19H,1-3,6H2,(H,15,18)(H,16,20). The molecule has 1 atom stereocenters. The highest BCUT2D eigenvalue weighted by atomic mass is 35.5. The second-order valence-corrected chi connectivity index (χ2v) is 5.31. The number of hydrogen-bond acceptors (Lipinski definition) is 4. The Hall–Kier alpha value is -1.79. The van der Waals surface area contributed by atoms with Crippen LogP contribution in [0.2, 0.25) is 5.02 Å². The maximum atomic E-state index is 11.6. The molecule has 1 aromatic carbocycles. The topological polar surface area (TPSA) is 81.7 Å². The molecule has 1 saturated heterocycles. The van der Waals surface area contributed by atoms with Gasteiger partial charge in [-0.1, -0.05) is 11.6 Å². The first-order chi connectivity index (χ1) is 9.56. The van der Waals surface area contributed by atoms with Gasteiger partial charge in [0.15, 0.2) is 6.10 Å². The molecule has 2 aliphatic heterocycles.